The van der Waals surface area contributed by atoms with E-state index in [1.807, 2.05) is 0 Å². The molecule has 6 nitrogen and oxygen atoms in total. The molecule has 11 heavy (non-hydrogen) atoms. The van der Waals surface area contributed by atoms with Crippen molar-refractivity contribution in [2.24, 2.45) is 5.73 Å². The van der Waals surface area contributed by atoms with Gasteiger partial charge in [0.05, 0.1) is 24.2 Å². The van der Waals surface area contributed by atoms with Crippen molar-refractivity contribution in [1.29, 1.82) is 0 Å². The van der Waals surface area contributed by atoms with Gasteiger partial charge in [-0.1, -0.05) is 0 Å². The van der Waals surface area contributed by atoms with Gasteiger partial charge in [-0.2, -0.15) is 0 Å². The van der Waals surface area contributed by atoms with Crippen LogP contribution in [0.25, 0.3) is 0 Å². The summed E-state index contributed by atoms with van der Waals surface area (Å²) in [4.78, 5) is 9.28. The third-order valence-corrected chi connectivity index (χ3v) is 1.25. The maximum atomic E-state index is 9.88. The fourth-order valence-electron chi connectivity index (χ4n) is 0.706. The lowest BCUT2D eigenvalue weighted by Gasteiger charge is -2.26. The van der Waals surface area contributed by atoms with Crippen molar-refractivity contribution >= 4 is 0 Å². The van der Waals surface area contributed by atoms with Crippen molar-refractivity contribution in [3.8, 4) is 0 Å². The van der Waals surface area contributed by atoms with Crippen molar-refractivity contribution in [1.82, 2.24) is 5.32 Å². The molecule has 0 atom stereocenters. The van der Waals surface area contributed by atoms with Crippen LogP contribution in [-0.2, 0) is 4.74 Å². The first-order chi connectivity index (χ1) is 5.18. The van der Waals surface area contributed by atoms with Gasteiger partial charge in [-0.05, 0) is 0 Å². The van der Waals surface area contributed by atoms with Crippen LogP contribution in [-0.4, -0.2) is 24.2 Å². The lowest BCUT2D eigenvalue weighted by molar-refractivity contribution is -0.403. The highest BCUT2D eigenvalue weighted by molar-refractivity contribution is 4.92. The molecule has 0 bridgehead atoms. The monoisotopic (exact) mass is 159 g/mol. The van der Waals surface area contributed by atoms with Crippen molar-refractivity contribution in [2.45, 2.75) is 6.04 Å². The van der Waals surface area contributed by atoms with E-state index in [0.717, 1.165) is 6.20 Å². The molecule has 6 heteroatoms. The summed E-state index contributed by atoms with van der Waals surface area (Å²) in [5.41, 5.74) is 5.24. The molecule has 62 valence electrons. The zero-order chi connectivity index (χ0) is 8.27. The Morgan fingerprint density at radius 2 is 2.45 bits per heavy atom. The number of ether oxygens (including phenoxy) is 1. The van der Waals surface area contributed by atoms with Gasteiger partial charge >= 0.3 is 0 Å². The summed E-state index contributed by atoms with van der Waals surface area (Å²) in [6, 6.07) is 0.131. The van der Waals surface area contributed by atoms with Crippen molar-refractivity contribution in [3.05, 3.63) is 22.1 Å². The summed E-state index contributed by atoms with van der Waals surface area (Å²) in [5.74, 6) is 0.0725. The first-order valence-electron chi connectivity index (χ1n) is 3.13. The number of hydrogen-bond acceptors (Lipinski definition) is 5. The Hall–Kier alpha value is -1.30. The van der Waals surface area contributed by atoms with Crippen LogP contribution in [0.1, 0.15) is 0 Å². The van der Waals surface area contributed by atoms with E-state index in [-0.39, 0.29) is 11.9 Å². The lowest BCUT2D eigenvalue weighted by atomic mass is 10.3. The van der Waals surface area contributed by atoms with Crippen LogP contribution in [0.5, 0.6) is 0 Å². The molecule has 0 aliphatic carbocycles. The van der Waals surface area contributed by atoms with E-state index in [1.165, 1.54) is 0 Å². The molecule has 0 aromatic carbocycles. The zero-order valence-electron chi connectivity index (χ0n) is 5.82. The number of rotatable bonds is 3. The molecule has 0 spiro atoms. The van der Waals surface area contributed by atoms with E-state index in [1.54, 1.807) is 0 Å². The third-order valence-electron chi connectivity index (χ3n) is 1.25. The fourth-order valence-corrected chi connectivity index (χ4v) is 0.706. The summed E-state index contributed by atoms with van der Waals surface area (Å²) in [6.07, 6.45) is 0.734. The van der Waals surface area contributed by atoms with Gasteiger partial charge < -0.3 is 15.8 Å². The summed E-state index contributed by atoms with van der Waals surface area (Å²) >= 11 is 0. The molecule has 0 unspecified atom stereocenters. The van der Waals surface area contributed by atoms with Gasteiger partial charge in [0.25, 0.3) is 6.20 Å². The van der Waals surface area contributed by atoms with Crippen molar-refractivity contribution in [3.63, 3.8) is 0 Å². The predicted molar refractivity (Wildman–Crippen MR) is 37.0 cm³/mol. The normalized spacial score (nSPS) is 19.1. The number of nitrogens with one attached hydrogen (secondary N) is 1. The van der Waals surface area contributed by atoms with Crippen LogP contribution in [0, 0.1) is 10.1 Å². The molecule has 1 aliphatic heterocycles. The van der Waals surface area contributed by atoms with E-state index < -0.39 is 4.92 Å². The molecule has 1 fully saturated rings. The largest absolute Gasteiger partial charge is 0.380 e. The number of nitrogens with two attached hydrogens (primary N) is 1. The van der Waals surface area contributed by atoms with Gasteiger partial charge in [0, 0.05) is 0 Å². The van der Waals surface area contributed by atoms with Crippen LogP contribution < -0.4 is 11.1 Å². The maximum Gasteiger partial charge on any atom is 0.273 e. The second kappa shape index (κ2) is 3.20. The molecule has 0 saturated carbocycles. The lowest BCUT2D eigenvalue weighted by Crippen LogP contribution is -2.47. The van der Waals surface area contributed by atoms with Crippen LogP contribution in [0.4, 0.5) is 0 Å². The number of nitro groups is 1. The SMILES string of the molecule is N/C(=C/[N+](=O)[O-])NC1COC1. The first-order valence-corrected chi connectivity index (χ1v) is 3.13. The first kappa shape index (κ1) is 7.80. The quantitative estimate of drug-likeness (QED) is 0.407. The predicted octanol–water partition coefficient (Wildman–Crippen LogP) is -0.991. The van der Waals surface area contributed by atoms with E-state index in [0.29, 0.717) is 13.2 Å². The third kappa shape index (κ3) is 2.42. The molecular formula is C5H9N3O3. The van der Waals surface area contributed by atoms with Crippen LogP contribution in [0.2, 0.25) is 0 Å². The molecule has 0 aromatic rings. The Balaban J connectivity index is 2.29. The second-order valence-corrected chi connectivity index (χ2v) is 2.25. The summed E-state index contributed by atoms with van der Waals surface area (Å²) in [6.45, 7) is 1.12. The topological polar surface area (TPSA) is 90.4 Å². The van der Waals surface area contributed by atoms with Gasteiger partial charge in [0.2, 0.25) is 0 Å². The number of nitrogens with zero attached hydrogens (tertiary/aromatic N) is 1. The molecule has 0 amide bonds. The van der Waals surface area contributed by atoms with Gasteiger partial charge in [-0.25, -0.2) is 0 Å². The Labute approximate surface area is 63.2 Å². The Morgan fingerprint density at radius 3 is 2.82 bits per heavy atom. The minimum atomic E-state index is -0.595. The maximum absolute atomic E-state index is 9.88. The van der Waals surface area contributed by atoms with Gasteiger partial charge in [0.15, 0.2) is 5.82 Å². The average Bonchev–Trinajstić information content (AvgIpc) is 1.77. The van der Waals surface area contributed by atoms with Gasteiger partial charge in [-0.3, -0.25) is 10.1 Å². The van der Waals surface area contributed by atoms with Crippen LogP contribution >= 0.6 is 0 Å². The van der Waals surface area contributed by atoms with Crippen molar-refractivity contribution in [2.75, 3.05) is 13.2 Å². The van der Waals surface area contributed by atoms with Crippen LogP contribution in [0.3, 0.4) is 0 Å². The molecule has 1 aliphatic rings. The Morgan fingerprint density at radius 1 is 1.82 bits per heavy atom. The van der Waals surface area contributed by atoms with E-state index in [9.17, 15) is 10.1 Å². The molecule has 1 heterocycles. The fraction of sp³-hybridized carbons (Fsp3) is 0.600. The average molecular weight is 159 g/mol. The zero-order valence-corrected chi connectivity index (χ0v) is 5.82. The van der Waals surface area contributed by atoms with E-state index in [2.05, 4.69) is 5.32 Å². The molecule has 1 rings (SSSR count). The molecule has 0 radical (unpaired) electrons. The van der Waals surface area contributed by atoms with Crippen LogP contribution in [0.15, 0.2) is 12.0 Å². The highest BCUT2D eigenvalue weighted by atomic mass is 16.6. The highest BCUT2D eigenvalue weighted by Gasteiger charge is 2.18. The molecular weight excluding hydrogens is 150 g/mol. The Bertz CT molecular complexity index is 187. The Kier molecular flexibility index (Phi) is 2.27. The highest BCUT2D eigenvalue weighted by Crippen LogP contribution is 2.00. The van der Waals surface area contributed by atoms with E-state index in [4.69, 9.17) is 10.5 Å². The summed E-state index contributed by atoms with van der Waals surface area (Å²) in [5, 5.41) is 12.6. The summed E-state index contributed by atoms with van der Waals surface area (Å²) in [7, 11) is 0. The minimum absolute atomic E-state index is 0.0725. The van der Waals surface area contributed by atoms with Gasteiger partial charge in [-0.15, -0.1) is 0 Å². The number of hydrogen-bond donors (Lipinski definition) is 2. The molecule has 1 saturated heterocycles. The summed E-state index contributed by atoms with van der Waals surface area (Å²) < 4.78 is 4.83. The molecule has 0 aromatic heterocycles. The van der Waals surface area contributed by atoms with Crippen molar-refractivity contribution < 1.29 is 9.66 Å². The van der Waals surface area contributed by atoms with Gasteiger partial charge in [0.1, 0.15) is 0 Å². The molecule has 3 N–H and O–H groups in total. The standard InChI is InChI=1S/C5H9N3O3/c6-5(1-8(9)10)7-4-2-11-3-4/h1,4,7H,2-3,6H2/b5-1-. The minimum Gasteiger partial charge on any atom is -0.380 e. The second-order valence-electron chi connectivity index (χ2n) is 2.25. The smallest absolute Gasteiger partial charge is 0.273 e. The van der Waals surface area contributed by atoms with E-state index >= 15 is 0 Å².